The molecular formula is C14H16N4O2. The number of piperazine rings is 1. The van der Waals surface area contributed by atoms with Crippen molar-refractivity contribution in [3.05, 3.63) is 30.1 Å². The van der Waals surface area contributed by atoms with E-state index in [1.165, 1.54) is 0 Å². The predicted octanol–water partition coefficient (Wildman–Crippen LogP) is 0.913. The van der Waals surface area contributed by atoms with Gasteiger partial charge in [0.25, 0.3) is 5.91 Å². The largest absolute Gasteiger partial charge is 0.353 e. The zero-order chi connectivity index (χ0) is 14.1. The average Bonchev–Trinajstić information content (AvgIpc) is 2.93. The van der Waals surface area contributed by atoms with Gasteiger partial charge in [-0.1, -0.05) is 6.92 Å². The molecule has 6 heteroatoms. The number of hydrogen-bond donors (Lipinski definition) is 2. The molecule has 2 N–H and O–H groups in total. The maximum atomic E-state index is 12.6. The van der Waals surface area contributed by atoms with Gasteiger partial charge in [0.05, 0.1) is 17.4 Å². The Balaban J connectivity index is 1.92. The van der Waals surface area contributed by atoms with Crippen molar-refractivity contribution >= 4 is 22.8 Å². The highest BCUT2D eigenvalue weighted by atomic mass is 16.2. The first kappa shape index (κ1) is 12.7. The van der Waals surface area contributed by atoms with Gasteiger partial charge in [0.15, 0.2) is 0 Å². The van der Waals surface area contributed by atoms with Crippen LogP contribution in [0.25, 0.3) is 11.0 Å². The summed E-state index contributed by atoms with van der Waals surface area (Å²) >= 11 is 0. The molecule has 104 valence electrons. The first-order valence-electron chi connectivity index (χ1n) is 6.72. The highest BCUT2D eigenvalue weighted by Crippen LogP contribution is 2.17. The van der Waals surface area contributed by atoms with Crippen molar-refractivity contribution < 1.29 is 9.59 Å². The zero-order valence-corrected chi connectivity index (χ0v) is 11.2. The molecule has 2 aromatic rings. The second kappa shape index (κ2) is 4.96. The van der Waals surface area contributed by atoms with Crippen LogP contribution in [0.15, 0.2) is 24.5 Å². The first-order valence-corrected chi connectivity index (χ1v) is 6.72. The van der Waals surface area contributed by atoms with E-state index in [9.17, 15) is 9.59 Å². The summed E-state index contributed by atoms with van der Waals surface area (Å²) < 4.78 is 0. The molecule has 1 aromatic heterocycles. The summed E-state index contributed by atoms with van der Waals surface area (Å²) in [6.07, 6.45) is 2.21. The van der Waals surface area contributed by atoms with Crippen LogP contribution in [0.2, 0.25) is 0 Å². The Morgan fingerprint density at radius 3 is 3.15 bits per heavy atom. The monoisotopic (exact) mass is 272 g/mol. The number of benzene rings is 1. The maximum Gasteiger partial charge on any atom is 0.254 e. The van der Waals surface area contributed by atoms with Crippen molar-refractivity contribution in [2.24, 2.45) is 0 Å². The molecule has 1 unspecified atom stereocenters. The summed E-state index contributed by atoms with van der Waals surface area (Å²) in [7, 11) is 0. The summed E-state index contributed by atoms with van der Waals surface area (Å²) in [6.45, 7) is 2.96. The maximum absolute atomic E-state index is 12.6. The van der Waals surface area contributed by atoms with E-state index in [2.05, 4.69) is 15.3 Å². The first-order chi connectivity index (χ1) is 9.70. The second-order valence-corrected chi connectivity index (χ2v) is 4.85. The van der Waals surface area contributed by atoms with Crippen molar-refractivity contribution in [3.63, 3.8) is 0 Å². The van der Waals surface area contributed by atoms with Crippen LogP contribution in [-0.2, 0) is 4.79 Å². The van der Waals surface area contributed by atoms with Gasteiger partial charge in [-0.3, -0.25) is 9.59 Å². The molecule has 0 bridgehead atoms. The quantitative estimate of drug-likeness (QED) is 0.853. The van der Waals surface area contributed by atoms with Crippen LogP contribution in [0.1, 0.15) is 23.7 Å². The van der Waals surface area contributed by atoms with Crippen molar-refractivity contribution in [3.8, 4) is 0 Å². The van der Waals surface area contributed by atoms with E-state index in [0.717, 1.165) is 11.0 Å². The van der Waals surface area contributed by atoms with Crippen molar-refractivity contribution in [2.75, 3.05) is 13.1 Å². The van der Waals surface area contributed by atoms with E-state index in [0.29, 0.717) is 25.1 Å². The molecule has 6 nitrogen and oxygen atoms in total. The minimum Gasteiger partial charge on any atom is -0.353 e. The topological polar surface area (TPSA) is 78.1 Å². The van der Waals surface area contributed by atoms with Gasteiger partial charge in [0, 0.05) is 18.7 Å². The molecule has 1 saturated heterocycles. The number of fused-ring (bicyclic) bond motifs is 1. The molecule has 0 aliphatic carbocycles. The van der Waals surface area contributed by atoms with Gasteiger partial charge in [-0.25, -0.2) is 4.98 Å². The molecular weight excluding hydrogens is 256 g/mol. The molecule has 0 spiro atoms. The van der Waals surface area contributed by atoms with Crippen LogP contribution in [0.4, 0.5) is 0 Å². The van der Waals surface area contributed by atoms with E-state index >= 15 is 0 Å². The molecule has 1 fully saturated rings. The van der Waals surface area contributed by atoms with Gasteiger partial charge in [0.2, 0.25) is 5.91 Å². The van der Waals surface area contributed by atoms with E-state index in [-0.39, 0.29) is 17.9 Å². The fourth-order valence-electron chi connectivity index (χ4n) is 2.60. The molecule has 0 radical (unpaired) electrons. The van der Waals surface area contributed by atoms with E-state index < -0.39 is 0 Å². The third-order valence-electron chi connectivity index (χ3n) is 3.65. The lowest BCUT2D eigenvalue weighted by molar-refractivity contribution is -0.127. The Labute approximate surface area is 116 Å². The molecule has 1 atom stereocenters. The van der Waals surface area contributed by atoms with Gasteiger partial charge < -0.3 is 15.2 Å². The number of hydrogen-bond acceptors (Lipinski definition) is 3. The summed E-state index contributed by atoms with van der Waals surface area (Å²) in [5, 5.41) is 2.80. The number of carbonyl (C=O) groups excluding carboxylic acids is 2. The van der Waals surface area contributed by atoms with Gasteiger partial charge in [0.1, 0.15) is 6.04 Å². The molecule has 1 aliphatic rings. The lowest BCUT2D eigenvalue weighted by Gasteiger charge is -2.34. The van der Waals surface area contributed by atoms with Crippen LogP contribution in [0.3, 0.4) is 0 Å². The third-order valence-corrected chi connectivity index (χ3v) is 3.65. The summed E-state index contributed by atoms with van der Waals surface area (Å²) in [4.78, 5) is 33.2. The molecule has 20 heavy (non-hydrogen) atoms. The highest BCUT2D eigenvalue weighted by molar-refractivity contribution is 6.00. The number of carbonyl (C=O) groups is 2. The summed E-state index contributed by atoms with van der Waals surface area (Å²) in [6, 6.07) is 4.97. The molecule has 1 aromatic carbocycles. The van der Waals surface area contributed by atoms with Crippen molar-refractivity contribution in [1.82, 2.24) is 20.2 Å². The van der Waals surface area contributed by atoms with Crippen LogP contribution >= 0.6 is 0 Å². The number of amides is 2. The van der Waals surface area contributed by atoms with E-state index in [1.54, 1.807) is 23.4 Å². The molecule has 2 heterocycles. The van der Waals surface area contributed by atoms with Gasteiger partial charge in [-0.2, -0.15) is 0 Å². The molecule has 0 saturated carbocycles. The molecule has 3 rings (SSSR count). The normalized spacial score (nSPS) is 19.1. The minimum atomic E-state index is -0.381. The lowest BCUT2D eigenvalue weighted by atomic mass is 10.1. The van der Waals surface area contributed by atoms with Crippen LogP contribution in [0.5, 0.6) is 0 Å². The standard InChI is InChI=1S/C14H16N4O2/c1-2-12-13(19)15-5-6-18(12)14(20)9-3-4-10-11(7-9)17-8-16-10/h3-4,7-8,12H,2,5-6H2,1H3,(H,15,19)(H,16,17). The smallest absolute Gasteiger partial charge is 0.254 e. The van der Waals surface area contributed by atoms with E-state index in [1.807, 2.05) is 13.0 Å². The Hall–Kier alpha value is -2.37. The Morgan fingerprint density at radius 2 is 2.35 bits per heavy atom. The molecule has 1 aliphatic heterocycles. The highest BCUT2D eigenvalue weighted by Gasteiger charge is 2.32. The van der Waals surface area contributed by atoms with Gasteiger partial charge in [-0.15, -0.1) is 0 Å². The van der Waals surface area contributed by atoms with Crippen LogP contribution in [0, 0.1) is 0 Å². The van der Waals surface area contributed by atoms with Crippen molar-refractivity contribution in [2.45, 2.75) is 19.4 Å². The fraction of sp³-hybridized carbons (Fsp3) is 0.357. The van der Waals surface area contributed by atoms with Crippen LogP contribution < -0.4 is 5.32 Å². The number of nitrogens with zero attached hydrogens (tertiary/aromatic N) is 2. The number of nitrogens with one attached hydrogen (secondary N) is 2. The van der Waals surface area contributed by atoms with E-state index in [4.69, 9.17) is 0 Å². The number of imidazole rings is 1. The third kappa shape index (κ3) is 2.03. The summed E-state index contributed by atoms with van der Waals surface area (Å²) in [5.41, 5.74) is 2.23. The van der Waals surface area contributed by atoms with Crippen LogP contribution in [-0.4, -0.2) is 45.8 Å². The Bertz CT molecular complexity index is 664. The number of H-pyrrole nitrogens is 1. The zero-order valence-electron chi connectivity index (χ0n) is 11.2. The number of aromatic amines is 1. The fourth-order valence-corrected chi connectivity index (χ4v) is 2.60. The SMILES string of the molecule is CCC1C(=O)NCCN1C(=O)c1ccc2nc[nH]c2c1. The van der Waals surface area contributed by atoms with Crippen molar-refractivity contribution in [1.29, 1.82) is 0 Å². The second-order valence-electron chi connectivity index (χ2n) is 4.85. The van der Waals surface area contributed by atoms with Gasteiger partial charge in [-0.05, 0) is 24.6 Å². The minimum absolute atomic E-state index is 0.0743. The Kier molecular flexibility index (Phi) is 3.14. The lowest BCUT2D eigenvalue weighted by Crippen LogP contribution is -2.56. The number of aromatic nitrogens is 2. The average molecular weight is 272 g/mol. The summed E-state index contributed by atoms with van der Waals surface area (Å²) in [5.74, 6) is -0.182. The van der Waals surface area contributed by atoms with Gasteiger partial charge >= 0.3 is 0 Å². The Morgan fingerprint density at radius 1 is 1.50 bits per heavy atom. The molecule has 2 amide bonds. The number of rotatable bonds is 2. The predicted molar refractivity (Wildman–Crippen MR) is 74.2 cm³/mol.